The van der Waals surface area contributed by atoms with Crippen molar-refractivity contribution < 1.29 is 4.79 Å². The van der Waals surface area contributed by atoms with Gasteiger partial charge in [0.2, 0.25) is 5.91 Å². The average molecular weight is 376 g/mol. The van der Waals surface area contributed by atoms with E-state index in [0.717, 1.165) is 24.3 Å². The summed E-state index contributed by atoms with van der Waals surface area (Å²) in [7, 11) is 0. The van der Waals surface area contributed by atoms with Crippen LogP contribution in [-0.2, 0) is 10.2 Å². The van der Waals surface area contributed by atoms with Gasteiger partial charge in [0.15, 0.2) is 0 Å². The summed E-state index contributed by atoms with van der Waals surface area (Å²) in [5.41, 5.74) is 4.03. The van der Waals surface area contributed by atoms with Crippen LogP contribution in [-0.4, -0.2) is 31.2 Å². The Morgan fingerprint density at radius 2 is 1.75 bits per heavy atom. The molecule has 0 saturated carbocycles. The van der Waals surface area contributed by atoms with Crippen LogP contribution in [0.4, 0.5) is 11.4 Å². The SMILES string of the molecule is CCN(CC)c1ccc(C=C[C@@]23NC(=O)CN2c2ccccc2C3(C)C)cc1. The molecule has 0 radical (unpaired) electrons. The smallest absolute Gasteiger partial charge is 0.241 e. The van der Waals surface area contributed by atoms with Gasteiger partial charge in [-0.2, -0.15) is 0 Å². The van der Waals surface area contributed by atoms with Gasteiger partial charge in [0.1, 0.15) is 5.66 Å². The van der Waals surface area contributed by atoms with E-state index in [1.807, 2.05) is 6.07 Å². The lowest BCUT2D eigenvalue weighted by Crippen LogP contribution is -2.58. The molecule has 4 heteroatoms. The third-order valence-electron chi connectivity index (χ3n) is 6.42. The molecule has 4 nitrogen and oxygen atoms in total. The van der Waals surface area contributed by atoms with Gasteiger partial charge < -0.3 is 15.1 Å². The van der Waals surface area contributed by atoms with Crippen molar-refractivity contribution in [2.45, 2.75) is 38.8 Å². The zero-order valence-corrected chi connectivity index (χ0v) is 17.2. The molecule has 0 spiro atoms. The molecule has 0 aliphatic carbocycles. The molecule has 1 fully saturated rings. The molecule has 2 aromatic carbocycles. The number of para-hydroxylation sites is 1. The van der Waals surface area contributed by atoms with Gasteiger partial charge in [-0.15, -0.1) is 0 Å². The first kappa shape index (κ1) is 18.6. The number of rotatable bonds is 5. The first-order valence-electron chi connectivity index (χ1n) is 10.2. The second-order valence-corrected chi connectivity index (χ2v) is 8.14. The van der Waals surface area contributed by atoms with Crippen LogP contribution in [0.2, 0.25) is 0 Å². The van der Waals surface area contributed by atoms with Crippen LogP contribution in [0.15, 0.2) is 54.6 Å². The summed E-state index contributed by atoms with van der Waals surface area (Å²) in [4.78, 5) is 16.9. The van der Waals surface area contributed by atoms with Gasteiger partial charge in [0.25, 0.3) is 0 Å². The second-order valence-electron chi connectivity index (χ2n) is 8.14. The van der Waals surface area contributed by atoms with Crippen molar-refractivity contribution in [1.82, 2.24) is 5.32 Å². The Kier molecular flexibility index (Phi) is 4.45. The lowest BCUT2D eigenvalue weighted by atomic mass is 9.75. The summed E-state index contributed by atoms with van der Waals surface area (Å²) < 4.78 is 0. The van der Waals surface area contributed by atoms with Crippen molar-refractivity contribution in [3.8, 4) is 0 Å². The summed E-state index contributed by atoms with van der Waals surface area (Å²) >= 11 is 0. The largest absolute Gasteiger partial charge is 0.372 e. The third kappa shape index (κ3) is 2.62. The summed E-state index contributed by atoms with van der Waals surface area (Å²) in [5.74, 6) is 0.0732. The van der Waals surface area contributed by atoms with Gasteiger partial charge in [-0.25, -0.2) is 0 Å². The van der Waals surface area contributed by atoms with Crippen molar-refractivity contribution in [2.24, 2.45) is 0 Å². The summed E-state index contributed by atoms with van der Waals surface area (Å²) in [5, 5.41) is 3.28. The quantitative estimate of drug-likeness (QED) is 0.852. The van der Waals surface area contributed by atoms with Crippen molar-refractivity contribution in [3.63, 3.8) is 0 Å². The Morgan fingerprint density at radius 1 is 1.07 bits per heavy atom. The molecular formula is C24H29N3O. The highest BCUT2D eigenvalue weighted by atomic mass is 16.2. The van der Waals surface area contributed by atoms with E-state index in [-0.39, 0.29) is 11.3 Å². The van der Waals surface area contributed by atoms with Crippen molar-refractivity contribution in [1.29, 1.82) is 0 Å². The molecule has 2 aliphatic rings. The molecule has 4 rings (SSSR count). The zero-order chi connectivity index (χ0) is 19.9. The fourth-order valence-corrected chi connectivity index (χ4v) is 4.74. The predicted octanol–water partition coefficient (Wildman–Crippen LogP) is 4.17. The number of carbonyl (C=O) groups is 1. The Balaban J connectivity index is 1.69. The number of hydrogen-bond acceptors (Lipinski definition) is 3. The van der Waals surface area contributed by atoms with Crippen molar-refractivity contribution in [2.75, 3.05) is 29.4 Å². The topological polar surface area (TPSA) is 35.6 Å². The highest BCUT2D eigenvalue weighted by Gasteiger charge is 2.59. The maximum atomic E-state index is 12.4. The zero-order valence-electron chi connectivity index (χ0n) is 17.2. The van der Waals surface area contributed by atoms with E-state index in [4.69, 9.17) is 0 Å². The van der Waals surface area contributed by atoms with Crippen LogP contribution >= 0.6 is 0 Å². The van der Waals surface area contributed by atoms with Gasteiger partial charge in [0, 0.05) is 29.9 Å². The van der Waals surface area contributed by atoms with Gasteiger partial charge in [-0.1, -0.05) is 50.3 Å². The minimum atomic E-state index is -0.536. The summed E-state index contributed by atoms with van der Waals surface area (Å²) in [6.45, 7) is 11.2. The van der Waals surface area contributed by atoms with Crippen LogP contribution in [0.5, 0.6) is 0 Å². The molecule has 0 aromatic heterocycles. The van der Waals surface area contributed by atoms with Crippen LogP contribution in [0.25, 0.3) is 6.08 Å². The molecule has 2 heterocycles. The number of hydrogen-bond donors (Lipinski definition) is 1. The fourth-order valence-electron chi connectivity index (χ4n) is 4.74. The number of benzene rings is 2. The Hall–Kier alpha value is -2.75. The number of fused-ring (bicyclic) bond motifs is 3. The lowest BCUT2D eigenvalue weighted by Gasteiger charge is -2.40. The predicted molar refractivity (Wildman–Crippen MR) is 117 cm³/mol. The van der Waals surface area contributed by atoms with Crippen LogP contribution in [0, 0.1) is 0 Å². The summed E-state index contributed by atoms with van der Waals surface area (Å²) in [6, 6.07) is 17.1. The minimum Gasteiger partial charge on any atom is -0.372 e. The Bertz CT molecular complexity index is 912. The fraction of sp³-hybridized carbons (Fsp3) is 0.375. The highest BCUT2D eigenvalue weighted by Crippen LogP contribution is 2.52. The number of nitrogens with zero attached hydrogens (tertiary/aromatic N) is 2. The average Bonchev–Trinajstić information content (AvgIpc) is 3.13. The van der Waals surface area contributed by atoms with Gasteiger partial charge in [-0.05, 0) is 49.2 Å². The van der Waals surface area contributed by atoms with Crippen molar-refractivity contribution >= 4 is 23.4 Å². The molecule has 0 bridgehead atoms. The maximum absolute atomic E-state index is 12.4. The van der Waals surface area contributed by atoms with Crippen molar-refractivity contribution in [3.05, 3.63) is 65.7 Å². The molecule has 0 unspecified atom stereocenters. The van der Waals surface area contributed by atoms with Crippen LogP contribution in [0.1, 0.15) is 38.8 Å². The second kappa shape index (κ2) is 6.69. The first-order chi connectivity index (χ1) is 13.4. The standard InChI is InChI=1S/C24H29N3O/c1-5-26(6-2)19-13-11-18(12-14-19)15-16-24-23(3,4)20-9-7-8-10-21(20)27(24)17-22(28)25-24/h7-16H,5-6,17H2,1-4H3,(H,25,28)/t24-/m1/s1. The lowest BCUT2D eigenvalue weighted by molar-refractivity contribution is -0.118. The molecule has 2 aromatic rings. The minimum absolute atomic E-state index is 0.0732. The first-order valence-corrected chi connectivity index (χ1v) is 10.2. The van der Waals surface area contributed by atoms with Crippen LogP contribution in [0.3, 0.4) is 0 Å². The van der Waals surface area contributed by atoms with E-state index >= 15 is 0 Å². The monoisotopic (exact) mass is 375 g/mol. The number of amides is 1. The Labute approximate surface area is 167 Å². The van der Waals surface area contributed by atoms with E-state index in [0.29, 0.717) is 6.54 Å². The molecule has 1 atom stereocenters. The molecular weight excluding hydrogens is 346 g/mol. The maximum Gasteiger partial charge on any atom is 0.241 e. The third-order valence-corrected chi connectivity index (χ3v) is 6.42. The van der Waals surface area contributed by atoms with Gasteiger partial charge in [-0.3, -0.25) is 4.79 Å². The number of nitrogens with one attached hydrogen (secondary N) is 1. The van der Waals surface area contributed by atoms with Gasteiger partial charge >= 0.3 is 0 Å². The van der Waals surface area contributed by atoms with E-state index in [2.05, 4.69) is 97.4 Å². The number of carbonyl (C=O) groups excluding carboxylic acids is 1. The molecule has 146 valence electrons. The molecule has 1 saturated heterocycles. The van der Waals surface area contributed by atoms with Crippen LogP contribution < -0.4 is 15.1 Å². The van der Waals surface area contributed by atoms with E-state index in [1.54, 1.807) is 0 Å². The number of anilines is 2. The molecule has 1 amide bonds. The summed E-state index contributed by atoms with van der Waals surface area (Å²) in [6.07, 6.45) is 4.31. The van der Waals surface area contributed by atoms with Gasteiger partial charge in [0.05, 0.1) is 6.54 Å². The molecule has 1 N–H and O–H groups in total. The van der Waals surface area contributed by atoms with E-state index < -0.39 is 5.66 Å². The van der Waals surface area contributed by atoms with E-state index in [1.165, 1.54) is 11.3 Å². The Morgan fingerprint density at radius 3 is 2.43 bits per heavy atom. The highest BCUT2D eigenvalue weighted by molar-refractivity contribution is 5.91. The van der Waals surface area contributed by atoms with E-state index in [9.17, 15) is 4.79 Å². The normalized spacial score (nSPS) is 22.3. The molecule has 28 heavy (non-hydrogen) atoms. The molecule has 2 aliphatic heterocycles.